The Morgan fingerprint density at radius 3 is 2.35 bits per heavy atom. The van der Waals surface area contributed by atoms with Crippen LogP contribution < -0.4 is 4.74 Å². The first-order chi connectivity index (χ1) is 9.46. The highest BCUT2D eigenvalue weighted by atomic mass is 19.4. The lowest BCUT2D eigenvalue weighted by Crippen LogP contribution is -2.17. The second-order valence-corrected chi connectivity index (χ2v) is 3.71. The van der Waals surface area contributed by atoms with Crippen LogP contribution in [0.25, 0.3) is 11.1 Å². The first-order valence-electron chi connectivity index (χ1n) is 6.23. The summed E-state index contributed by atoms with van der Waals surface area (Å²) in [6.45, 7) is 5.80. The predicted octanol–water partition coefficient (Wildman–Crippen LogP) is 4.98. The minimum absolute atomic E-state index is 0.233. The van der Waals surface area contributed by atoms with Gasteiger partial charge in [-0.3, -0.25) is 4.98 Å². The maximum Gasteiger partial charge on any atom is 0.573 e. The molecule has 1 aromatic heterocycles. The summed E-state index contributed by atoms with van der Waals surface area (Å²) in [4.78, 5) is 4.10. The smallest absolute Gasteiger partial charge is 0.406 e. The van der Waals surface area contributed by atoms with Crippen LogP contribution in [0.2, 0.25) is 0 Å². The van der Waals surface area contributed by atoms with E-state index in [4.69, 9.17) is 0 Å². The summed E-state index contributed by atoms with van der Waals surface area (Å²) in [5.41, 5.74) is 2.18. The molecule has 1 aromatic carbocycles. The molecule has 0 atom stereocenters. The van der Waals surface area contributed by atoms with E-state index in [9.17, 15) is 13.2 Å². The lowest BCUT2D eigenvalue weighted by Gasteiger charge is -2.10. The van der Waals surface area contributed by atoms with E-state index in [0.717, 1.165) is 11.3 Å². The van der Waals surface area contributed by atoms with Crippen molar-refractivity contribution in [2.24, 2.45) is 0 Å². The molecule has 0 radical (unpaired) electrons. The van der Waals surface area contributed by atoms with Crippen LogP contribution >= 0.6 is 0 Å². The van der Waals surface area contributed by atoms with Crippen LogP contribution in [0.1, 0.15) is 19.5 Å². The average Bonchev–Trinajstić information content (AvgIpc) is 2.40. The van der Waals surface area contributed by atoms with E-state index in [-0.39, 0.29) is 5.75 Å². The van der Waals surface area contributed by atoms with E-state index in [1.807, 2.05) is 13.8 Å². The van der Waals surface area contributed by atoms with Gasteiger partial charge in [0, 0.05) is 17.5 Å². The second-order valence-electron chi connectivity index (χ2n) is 3.71. The topological polar surface area (TPSA) is 22.1 Å². The van der Waals surface area contributed by atoms with E-state index >= 15 is 0 Å². The van der Waals surface area contributed by atoms with Crippen LogP contribution in [-0.4, -0.2) is 11.3 Å². The van der Waals surface area contributed by atoms with Gasteiger partial charge in [-0.05, 0) is 30.7 Å². The van der Waals surface area contributed by atoms with Crippen LogP contribution in [-0.2, 0) is 0 Å². The third kappa shape index (κ3) is 4.57. The first kappa shape index (κ1) is 16.0. The van der Waals surface area contributed by atoms with Gasteiger partial charge in [0.15, 0.2) is 0 Å². The van der Waals surface area contributed by atoms with Crippen molar-refractivity contribution in [3.63, 3.8) is 0 Å². The van der Waals surface area contributed by atoms with Gasteiger partial charge in [-0.15, -0.1) is 13.2 Å². The van der Waals surface area contributed by atoms with Gasteiger partial charge in [0.1, 0.15) is 5.75 Å². The Bertz CT molecular complexity index is 553. The molecule has 0 saturated carbocycles. The van der Waals surface area contributed by atoms with E-state index in [1.165, 1.54) is 18.2 Å². The molecule has 0 N–H and O–H groups in total. The highest BCUT2D eigenvalue weighted by Gasteiger charge is 2.31. The van der Waals surface area contributed by atoms with Crippen molar-refractivity contribution < 1.29 is 17.9 Å². The van der Waals surface area contributed by atoms with Crippen molar-refractivity contribution in [3.05, 3.63) is 48.3 Å². The van der Waals surface area contributed by atoms with Gasteiger partial charge in [-0.2, -0.15) is 0 Å². The van der Waals surface area contributed by atoms with Crippen molar-refractivity contribution in [2.45, 2.75) is 27.1 Å². The summed E-state index contributed by atoms with van der Waals surface area (Å²) in [6.07, 6.45) is -3.04. The monoisotopic (exact) mass is 283 g/mol. The van der Waals surface area contributed by atoms with Crippen LogP contribution in [0.3, 0.4) is 0 Å². The number of aryl methyl sites for hydroxylation is 1. The molecule has 0 saturated heterocycles. The molecule has 108 valence electrons. The average molecular weight is 283 g/mol. The summed E-state index contributed by atoms with van der Waals surface area (Å²) in [5, 5.41) is 0. The van der Waals surface area contributed by atoms with Gasteiger partial charge in [-0.25, -0.2) is 0 Å². The molecule has 2 rings (SSSR count). The second kappa shape index (κ2) is 6.93. The quantitative estimate of drug-likeness (QED) is 0.775. The Morgan fingerprint density at radius 1 is 1.05 bits per heavy atom. The number of nitrogens with zero attached hydrogens (tertiary/aromatic N) is 1. The van der Waals surface area contributed by atoms with Gasteiger partial charge in [0.2, 0.25) is 0 Å². The molecule has 0 bridgehead atoms. The summed E-state index contributed by atoms with van der Waals surface area (Å²) in [5.74, 6) is -0.233. The van der Waals surface area contributed by atoms with Gasteiger partial charge in [-0.1, -0.05) is 32.0 Å². The highest BCUT2D eigenvalue weighted by molar-refractivity contribution is 5.66. The van der Waals surface area contributed by atoms with Gasteiger partial charge >= 0.3 is 6.36 Å². The van der Waals surface area contributed by atoms with E-state index in [1.54, 1.807) is 31.3 Å². The Hall–Kier alpha value is -2.04. The lowest BCUT2D eigenvalue weighted by atomic mass is 10.0. The van der Waals surface area contributed by atoms with Crippen molar-refractivity contribution >= 4 is 0 Å². The van der Waals surface area contributed by atoms with Crippen molar-refractivity contribution in [1.29, 1.82) is 0 Å². The molecule has 0 spiro atoms. The summed E-state index contributed by atoms with van der Waals surface area (Å²) in [6, 6.07) is 9.38. The third-order valence-corrected chi connectivity index (χ3v) is 2.39. The Kier molecular flexibility index (Phi) is 5.55. The van der Waals surface area contributed by atoms with Crippen LogP contribution in [0, 0.1) is 6.92 Å². The number of hydrogen-bond donors (Lipinski definition) is 0. The summed E-state index contributed by atoms with van der Waals surface area (Å²) >= 11 is 0. The number of benzene rings is 1. The fourth-order valence-electron chi connectivity index (χ4n) is 1.65. The van der Waals surface area contributed by atoms with Gasteiger partial charge in [0.05, 0.1) is 0 Å². The third-order valence-electron chi connectivity index (χ3n) is 2.39. The lowest BCUT2D eigenvalue weighted by molar-refractivity contribution is -0.274. The Morgan fingerprint density at radius 2 is 1.75 bits per heavy atom. The van der Waals surface area contributed by atoms with E-state index in [0.29, 0.717) is 5.56 Å². The molecule has 0 aliphatic rings. The molecule has 20 heavy (non-hydrogen) atoms. The fraction of sp³-hybridized carbons (Fsp3) is 0.267. The largest absolute Gasteiger partial charge is 0.573 e. The predicted molar refractivity (Wildman–Crippen MR) is 72.4 cm³/mol. The molecule has 0 fully saturated rings. The molecule has 2 nitrogen and oxygen atoms in total. The number of hydrogen-bond acceptors (Lipinski definition) is 2. The van der Waals surface area contributed by atoms with Crippen molar-refractivity contribution in [3.8, 4) is 16.9 Å². The SMILES string of the molecule is CC.Cc1ncccc1-c1cccc(OC(F)(F)F)c1. The molecule has 0 unspecified atom stereocenters. The minimum atomic E-state index is -4.68. The molecule has 1 heterocycles. The Balaban J connectivity index is 0.000000956. The fourth-order valence-corrected chi connectivity index (χ4v) is 1.65. The van der Waals surface area contributed by atoms with Crippen LogP contribution in [0.4, 0.5) is 13.2 Å². The number of aromatic nitrogens is 1. The Labute approximate surface area is 116 Å². The number of alkyl halides is 3. The molecule has 0 aliphatic heterocycles. The minimum Gasteiger partial charge on any atom is -0.406 e. The summed E-state index contributed by atoms with van der Waals surface area (Å²) in [7, 11) is 0. The van der Waals surface area contributed by atoms with Crippen LogP contribution in [0.5, 0.6) is 5.75 Å². The number of halogens is 3. The number of ether oxygens (including phenoxy) is 1. The maximum atomic E-state index is 12.1. The van der Waals surface area contributed by atoms with Gasteiger partial charge in [0.25, 0.3) is 0 Å². The first-order valence-corrected chi connectivity index (χ1v) is 6.23. The maximum absolute atomic E-state index is 12.1. The molecular formula is C15H16F3NO. The van der Waals surface area contributed by atoms with E-state index in [2.05, 4.69) is 9.72 Å². The molecule has 5 heteroatoms. The number of rotatable bonds is 2. The van der Waals surface area contributed by atoms with Crippen molar-refractivity contribution in [2.75, 3.05) is 0 Å². The van der Waals surface area contributed by atoms with Gasteiger partial charge < -0.3 is 4.74 Å². The zero-order valence-electron chi connectivity index (χ0n) is 11.5. The normalized spacial score (nSPS) is 10.5. The van der Waals surface area contributed by atoms with E-state index < -0.39 is 6.36 Å². The zero-order valence-corrected chi connectivity index (χ0v) is 11.5. The molecular weight excluding hydrogens is 267 g/mol. The molecule has 2 aromatic rings. The highest BCUT2D eigenvalue weighted by Crippen LogP contribution is 2.28. The standard InChI is InChI=1S/C13H10F3NO.C2H6/c1-9-12(6-3-7-17-9)10-4-2-5-11(8-10)18-13(14,15)16;1-2/h2-8H,1H3;1-2H3. The zero-order chi connectivity index (χ0) is 15.2. The molecule has 0 aliphatic carbocycles. The van der Waals surface area contributed by atoms with Crippen molar-refractivity contribution in [1.82, 2.24) is 4.98 Å². The van der Waals surface area contributed by atoms with Crippen LogP contribution in [0.15, 0.2) is 42.6 Å². The molecule has 0 amide bonds. The summed E-state index contributed by atoms with van der Waals surface area (Å²) < 4.78 is 40.2. The number of pyridine rings is 1.